The highest BCUT2D eigenvalue weighted by atomic mass is 16.5. The summed E-state index contributed by atoms with van der Waals surface area (Å²) in [4.78, 5) is 2.14. The number of aliphatic hydroxyl groups excluding tert-OH is 1. The molecule has 0 saturated carbocycles. The summed E-state index contributed by atoms with van der Waals surface area (Å²) < 4.78 is 5.09. The van der Waals surface area contributed by atoms with Crippen molar-refractivity contribution in [1.29, 1.82) is 0 Å². The number of methoxy groups -OCH3 is 1. The minimum absolute atomic E-state index is 0.133. The summed E-state index contributed by atoms with van der Waals surface area (Å²) in [5.74, 6) is 0.686. The predicted octanol–water partition coefficient (Wildman–Crippen LogP) is 2.00. The van der Waals surface area contributed by atoms with E-state index in [0.29, 0.717) is 18.8 Å². The van der Waals surface area contributed by atoms with Crippen molar-refractivity contribution in [1.82, 2.24) is 4.90 Å². The first kappa shape index (κ1) is 14.8. The Bertz CT molecular complexity index is 355. The van der Waals surface area contributed by atoms with Gasteiger partial charge in [-0.3, -0.25) is 4.90 Å². The Morgan fingerprint density at radius 1 is 1.28 bits per heavy atom. The molecule has 0 saturated heterocycles. The minimum atomic E-state index is 0.133. The minimum Gasteiger partial charge on any atom is -0.504 e. The molecule has 18 heavy (non-hydrogen) atoms. The Hall–Kier alpha value is -1.26. The van der Waals surface area contributed by atoms with E-state index in [1.54, 1.807) is 13.2 Å². The van der Waals surface area contributed by atoms with Crippen LogP contribution in [0.25, 0.3) is 0 Å². The first-order chi connectivity index (χ1) is 8.72. The van der Waals surface area contributed by atoms with Gasteiger partial charge in [0.2, 0.25) is 0 Å². The number of para-hydroxylation sites is 1. The molecule has 0 atom stereocenters. The number of nitrogens with zero attached hydrogens (tertiary/aromatic N) is 1. The number of phenols is 1. The topological polar surface area (TPSA) is 52.9 Å². The molecule has 0 aliphatic carbocycles. The van der Waals surface area contributed by atoms with Gasteiger partial charge in [0, 0.05) is 18.7 Å². The highest BCUT2D eigenvalue weighted by Crippen LogP contribution is 2.30. The lowest BCUT2D eigenvalue weighted by Crippen LogP contribution is -2.27. The second-order valence-corrected chi connectivity index (χ2v) is 4.32. The molecule has 2 N–H and O–H groups in total. The lowest BCUT2D eigenvalue weighted by molar-refractivity contribution is 0.186. The van der Waals surface area contributed by atoms with Crippen LogP contribution in [0.1, 0.15) is 25.3 Å². The van der Waals surface area contributed by atoms with Gasteiger partial charge in [0.15, 0.2) is 11.5 Å². The van der Waals surface area contributed by atoms with Gasteiger partial charge in [-0.2, -0.15) is 0 Å². The molecule has 0 fully saturated rings. The van der Waals surface area contributed by atoms with E-state index in [1.807, 2.05) is 12.1 Å². The van der Waals surface area contributed by atoms with Crippen molar-refractivity contribution in [2.75, 3.05) is 26.8 Å². The first-order valence-corrected chi connectivity index (χ1v) is 6.41. The molecule has 4 nitrogen and oxygen atoms in total. The van der Waals surface area contributed by atoms with E-state index in [4.69, 9.17) is 9.84 Å². The summed E-state index contributed by atoms with van der Waals surface area (Å²) in [6, 6.07) is 5.49. The van der Waals surface area contributed by atoms with Crippen LogP contribution in [0.15, 0.2) is 18.2 Å². The highest BCUT2D eigenvalue weighted by molar-refractivity contribution is 5.45. The lowest BCUT2D eigenvalue weighted by atomic mass is 10.1. The molecule has 0 amide bonds. The second kappa shape index (κ2) is 7.95. The predicted molar refractivity (Wildman–Crippen MR) is 71.9 cm³/mol. The van der Waals surface area contributed by atoms with E-state index in [0.717, 1.165) is 24.9 Å². The maximum Gasteiger partial charge on any atom is 0.162 e. The largest absolute Gasteiger partial charge is 0.504 e. The van der Waals surface area contributed by atoms with Crippen molar-refractivity contribution < 1.29 is 14.9 Å². The molecule has 0 bridgehead atoms. The Labute approximate surface area is 109 Å². The molecular formula is C14H23NO3. The fourth-order valence-corrected chi connectivity index (χ4v) is 1.89. The number of rotatable bonds is 8. The number of ether oxygens (including phenoxy) is 1. The fourth-order valence-electron chi connectivity index (χ4n) is 1.89. The molecule has 0 aliphatic heterocycles. The van der Waals surface area contributed by atoms with Crippen LogP contribution in [-0.4, -0.2) is 41.9 Å². The van der Waals surface area contributed by atoms with E-state index >= 15 is 0 Å². The fraction of sp³-hybridized carbons (Fsp3) is 0.571. The summed E-state index contributed by atoms with van der Waals surface area (Å²) in [5, 5.41) is 19.1. The molecule has 102 valence electrons. The normalized spacial score (nSPS) is 10.9. The monoisotopic (exact) mass is 253 g/mol. The third-order valence-corrected chi connectivity index (χ3v) is 2.94. The molecule has 0 heterocycles. The van der Waals surface area contributed by atoms with Crippen LogP contribution >= 0.6 is 0 Å². The van der Waals surface area contributed by atoms with Crippen LogP contribution in [0.5, 0.6) is 11.5 Å². The van der Waals surface area contributed by atoms with Crippen molar-refractivity contribution in [2.24, 2.45) is 0 Å². The van der Waals surface area contributed by atoms with Gasteiger partial charge in [0.05, 0.1) is 13.7 Å². The number of aliphatic hydroxyl groups is 1. The molecular weight excluding hydrogens is 230 g/mol. The zero-order valence-corrected chi connectivity index (χ0v) is 11.2. The van der Waals surface area contributed by atoms with Crippen LogP contribution in [0.4, 0.5) is 0 Å². The number of aromatic hydroxyl groups is 1. The highest BCUT2D eigenvalue weighted by Gasteiger charge is 2.11. The average Bonchev–Trinajstić information content (AvgIpc) is 2.38. The summed E-state index contributed by atoms with van der Waals surface area (Å²) >= 11 is 0. The standard InChI is InChI=1S/C14H23NO3/c1-3-4-8-15(9-10-16)11-12-6-5-7-13(18-2)14(12)17/h5-7,16-17H,3-4,8-11H2,1-2H3. The van der Waals surface area contributed by atoms with Crippen molar-refractivity contribution in [2.45, 2.75) is 26.3 Å². The average molecular weight is 253 g/mol. The van der Waals surface area contributed by atoms with E-state index in [1.165, 1.54) is 0 Å². The molecule has 0 unspecified atom stereocenters. The smallest absolute Gasteiger partial charge is 0.162 e. The number of unbranched alkanes of at least 4 members (excludes halogenated alkanes) is 1. The molecule has 0 aliphatic rings. The number of hydrogen-bond donors (Lipinski definition) is 2. The van der Waals surface area contributed by atoms with Gasteiger partial charge in [-0.15, -0.1) is 0 Å². The van der Waals surface area contributed by atoms with Gasteiger partial charge >= 0.3 is 0 Å². The molecule has 1 aromatic carbocycles. The van der Waals surface area contributed by atoms with Crippen LogP contribution in [0.3, 0.4) is 0 Å². The molecule has 0 spiro atoms. The Balaban J connectivity index is 2.73. The van der Waals surface area contributed by atoms with Crippen LogP contribution in [-0.2, 0) is 6.54 Å². The number of benzene rings is 1. The Morgan fingerprint density at radius 3 is 2.67 bits per heavy atom. The quantitative estimate of drug-likeness (QED) is 0.744. The van der Waals surface area contributed by atoms with E-state index in [9.17, 15) is 5.11 Å². The molecule has 1 rings (SSSR count). The van der Waals surface area contributed by atoms with E-state index in [2.05, 4.69) is 11.8 Å². The van der Waals surface area contributed by atoms with Crippen molar-refractivity contribution in [3.05, 3.63) is 23.8 Å². The maximum atomic E-state index is 10.0. The van der Waals surface area contributed by atoms with E-state index < -0.39 is 0 Å². The van der Waals surface area contributed by atoms with Gasteiger partial charge < -0.3 is 14.9 Å². The molecule has 0 radical (unpaired) electrons. The SMILES string of the molecule is CCCCN(CCO)Cc1cccc(OC)c1O. The maximum absolute atomic E-state index is 10.0. The van der Waals surface area contributed by atoms with Crippen LogP contribution in [0.2, 0.25) is 0 Å². The van der Waals surface area contributed by atoms with Crippen molar-refractivity contribution in [3.63, 3.8) is 0 Å². The number of phenolic OH excluding ortho intramolecular Hbond substituents is 1. The zero-order chi connectivity index (χ0) is 13.4. The van der Waals surface area contributed by atoms with Crippen LogP contribution in [0, 0.1) is 0 Å². The van der Waals surface area contributed by atoms with Crippen molar-refractivity contribution in [3.8, 4) is 11.5 Å². The van der Waals surface area contributed by atoms with Gasteiger partial charge in [0.1, 0.15) is 0 Å². The first-order valence-electron chi connectivity index (χ1n) is 6.41. The second-order valence-electron chi connectivity index (χ2n) is 4.32. The zero-order valence-electron chi connectivity index (χ0n) is 11.2. The molecule has 0 aromatic heterocycles. The molecule has 1 aromatic rings. The van der Waals surface area contributed by atoms with E-state index in [-0.39, 0.29) is 12.4 Å². The summed E-state index contributed by atoms with van der Waals surface area (Å²) in [6.07, 6.45) is 2.21. The third kappa shape index (κ3) is 4.20. The van der Waals surface area contributed by atoms with Gasteiger partial charge in [-0.05, 0) is 19.0 Å². The van der Waals surface area contributed by atoms with Gasteiger partial charge in [-0.25, -0.2) is 0 Å². The third-order valence-electron chi connectivity index (χ3n) is 2.94. The summed E-state index contributed by atoms with van der Waals surface area (Å²) in [6.45, 7) is 4.45. The molecule has 4 heteroatoms. The summed E-state index contributed by atoms with van der Waals surface area (Å²) in [5.41, 5.74) is 0.832. The van der Waals surface area contributed by atoms with Crippen molar-refractivity contribution >= 4 is 0 Å². The Kier molecular flexibility index (Phi) is 6.54. The van der Waals surface area contributed by atoms with Gasteiger partial charge in [0.25, 0.3) is 0 Å². The summed E-state index contributed by atoms with van der Waals surface area (Å²) in [7, 11) is 1.54. The Morgan fingerprint density at radius 2 is 2.06 bits per heavy atom. The van der Waals surface area contributed by atoms with Gasteiger partial charge in [-0.1, -0.05) is 25.5 Å². The lowest BCUT2D eigenvalue weighted by Gasteiger charge is -2.22. The number of hydrogen-bond acceptors (Lipinski definition) is 4. The van der Waals surface area contributed by atoms with Crippen LogP contribution < -0.4 is 4.74 Å².